The van der Waals surface area contributed by atoms with Gasteiger partial charge < -0.3 is 4.98 Å². The molecule has 1 aliphatic rings. The summed E-state index contributed by atoms with van der Waals surface area (Å²) in [5, 5.41) is 8.74. The summed E-state index contributed by atoms with van der Waals surface area (Å²) >= 11 is 4.76. The van der Waals surface area contributed by atoms with Crippen LogP contribution in [0.4, 0.5) is 0 Å². The molecular weight excluding hydrogens is 348 g/mol. The van der Waals surface area contributed by atoms with E-state index in [1.807, 2.05) is 6.92 Å². The maximum absolute atomic E-state index is 12.6. The van der Waals surface area contributed by atoms with E-state index in [9.17, 15) is 4.79 Å². The molecular formula is C15H16N4OS3. The van der Waals surface area contributed by atoms with Crippen molar-refractivity contribution in [1.82, 2.24) is 20.2 Å². The number of aromatic nitrogens is 4. The van der Waals surface area contributed by atoms with Crippen LogP contribution in [0.3, 0.4) is 0 Å². The van der Waals surface area contributed by atoms with Crippen molar-refractivity contribution < 1.29 is 0 Å². The summed E-state index contributed by atoms with van der Waals surface area (Å²) in [6, 6.07) is 0. The van der Waals surface area contributed by atoms with E-state index >= 15 is 0 Å². The lowest BCUT2D eigenvalue weighted by Gasteiger charge is -2.17. The first-order chi connectivity index (χ1) is 11.1. The van der Waals surface area contributed by atoms with Gasteiger partial charge in [0.15, 0.2) is 4.34 Å². The quantitative estimate of drug-likeness (QED) is 0.716. The van der Waals surface area contributed by atoms with Gasteiger partial charge in [-0.05, 0) is 37.7 Å². The Morgan fingerprint density at radius 3 is 3.13 bits per heavy atom. The third kappa shape index (κ3) is 2.83. The van der Waals surface area contributed by atoms with Crippen molar-refractivity contribution in [1.29, 1.82) is 0 Å². The van der Waals surface area contributed by atoms with Crippen LogP contribution >= 0.6 is 34.4 Å². The van der Waals surface area contributed by atoms with Crippen molar-refractivity contribution in [2.45, 2.75) is 42.7 Å². The van der Waals surface area contributed by atoms with Gasteiger partial charge >= 0.3 is 0 Å². The number of nitrogens with zero attached hydrogens (tertiary/aromatic N) is 3. The Balaban J connectivity index is 1.74. The minimum absolute atomic E-state index is 0.00164. The van der Waals surface area contributed by atoms with Gasteiger partial charge in [-0.1, -0.05) is 30.0 Å². The second-order valence-corrected chi connectivity index (χ2v) is 9.45. The average molecular weight is 365 g/mol. The lowest BCUT2D eigenvalue weighted by Crippen LogP contribution is -2.15. The van der Waals surface area contributed by atoms with Crippen molar-refractivity contribution in [2.75, 3.05) is 0 Å². The summed E-state index contributed by atoms with van der Waals surface area (Å²) in [6.07, 6.45) is 3.22. The summed E-state index contributed by atoms with van der Waals surface area (Å²) in [6.45, 7) is 4.31. The molecule has 5 nitrogen and oxygen atoms in total. The highest BCUT2D eigenvalue weighted by molar-refractivity contribution is 8.01. The zero-order chi connectivity index (χ0) is 16.0. The first-order valence-corrected chi connectivity index (χ1v) is 10.2. The summed E-state index contributed by atoms with van der Waals surface area (Å²) in [5.74, 6) is 1.41. The second kappa shape index (κ2) is 5.99. The predicted octanol–water partition coefficient (Wildman–Crippen LogP) is 3.81. The van der Waals surface area contributed by atoms with E-state index in [4.69, 9.17) is 4.98 Å². The number of H-pyrrole nitrogens is 1. The SMILES string of the molecule is C[C@H]1CCc2c(sc3nc([C@H](C)Sc4nncs4)[nH]c(=O)c23)C1. The van der Waals surface area contributed by atoms with E-state index in [-0.39, 0.29) is 10.8 Å². The standard InChI is InChI=1S/C15H16N4OS3/c1-7-3-4-9-10(5-7)23-14-11(9)13(20)17-12(18-14)8(2)22-15-19-16-6-21-15/h6-8H,3-5H2,1-2H3,(H,17,18,20)/t7-,8-/m0/s1. The van der Waals surface area contributed by atoms with Gasteiger partial charge in [0.25, 0.3) is 5.56 Å². The van der Waals surface area contributed by atoms with Crippen molar-refractivity contribution in [2.24, 2.45) is 5.92 Å². The van der Waals surface area contributed by atoms with E-state index in [1.165, 1.54) is 21.8 Å². The van der Waals surface area contributed by atoms with Gasteiger partial charge in [0, 0.05) is 4.88 Å². The van der Waals surface area contributed by atoms with E-state index in [0.717, 1.165) is 33.8 Å². The van der Waals surface area contributed by atoms with E-state index in [0.29, 0.717) is 11.7 Å². The average Bonchev–Trinajstić information content (AvgIpc) is 3.13. The minimum Gasteiger partial charge on any atom is -0.309 e. The Bertz CT molecular complexity index is 899. The van der Waals surface area contributed by atoms with E-state index in [2.05, 4.69) is 22.1 Å². The van der Waals surface area contributed by atoms with Gasteiger partial charge in [0.05, 0.1) is 10.6 Å². The highest BCUT2D eigenvalue weighted by Crippen LogP contribution is 2.37. The summed E-state index contributed by atoms with van der Waals surface area (Å²) in [5.41, 5.74) is 2.94. The third-order valence-electron chi connectivity index (χ3n) is 4.19. The number of aryl methyl sites for hydroxylation is 1. The molecule has 0 bridgehead atoms. The summed E-state index contributed by atoms with van der Waals surface area (Å²) in [4.78, 5) is 22.6. The molecule has 0 saturated carbocycles. The number of hydrogen-bond donors (Lipinski definition) is 1. The van der Waals surface area contributed by atoms with Gasteiger partial charge in [-0.15, -0.1) is 21.5 Å². The van der Waals surface area contributed by atoms with Crippen molar-refractivity contribution in [3.05, 3.63) is 32.1 Å². The first-order valence-electron chi connectivity index (χ1n) is 7.59. The van der Waals surface area contributed by atoms with Crippen LogP contribution in [0, 0.1) is 5.92 Å². The van der Waals surface area contributed by atoms with Crippen molar-refractivity contribution in [3.63, 3.8) is 0 Å². The van der Waals surface area contributed by atoms with Crippen LogP contribution < -0.4 is 5.56 Å². The molecule has 3 aromatic rings. The summed E-state index contributed by atoms with van der Waals surface area (Å²) in [7, 11) is 0. The molecule has 1 aliphatic carbocycles. The van der Waals surface area contributed by atoms with Crippen molar-refractivity contribution in [3.8, 4) is 0 Å². The molecule has 0 fully saturated rings. The van der Waals surface area contributed by atoms with Crippen LogP contribution in [0.5, 0.6) is 0 Å². The molecule has 3 aromatic heterocycles. The molecule has 4 rings (SSSR count). The van der Waals surface area contributed by atoms with E-state index < -0.39 is 0 Å². The smallest absolute Gasteiger partial charge is 0.259 e. The monoisotopic (exact) mass is 364 g/mol. The molecule has 3 heterocycles. The second-order valence-electron chi connectivity index (χ2n) is 5.95. The van der Waals surface area contributed by atoms with Crippen LogP contribution in [0.2, 0.25) is 0 Å². The maximum atomic E-state index is 12.6. The molecule has 23 heavy (non-hydrogen) atoms. The van der Waals surface area contributed by atoms with Crippen LogP contribution in [0.25, 0.3) is 10.2 Å². The normalized spacial score (nSPS) is 19.0. The molecule has 0 aromatic carbocycles. The van der Waals surface area contributed by atoms with Gasteiger partial charge in [0.1, 0.15) is 16.2 Å². The molecule has 0 spiro atoms. The largest absolute Gasteiger partial charge is 0.309 e. The van der Waals surface area contributed by atoms with E-state index in [1.54, 1.807) is 28.6 Å². The maximum Gasteiger partial charge on any atom is 0.259 e. The highest BCUT2D eigenvalue weighted by Gasteiger charge is 2.24. The van der Waals surface area contributed by atoms with Crippen LogP contribution in [0.15, 0.2) is 14.6 Å². The fourth-order valence-electron chi connectivity index (χ4n) is 2.98. The molecule has 0 unspecified atom stereocenters. The van der Waals surface area contributed by atoms with Crippen molar-refractivity contribution >= 4 is 44.7 Å². The van der Waals surface area contributed by atoms with Crippen LogP contribution in [-0.2, 0) is 12.8 Å². The van der Waals surface area contributed by atoms with Gasteiger partial charge in [-0.2, -0.15) is 0 Å². The van der Waals surface area contributed by atoms with Crippen LogP contribution in [-0.4, -0.2) is 20.2 Å². The molecule has 120 valence electrons. The predicted molar refractivity (Wildman–Crippen MR) is 95.6 cm³/mol. The highest BCUT2D eigenvalue weighted by atomic mass is 32.2. The topological polar surface area (TPSA) is 71.5 Å². The molecule has 0 radical (unpaired) electrons. The fourth-order valence-corrected chi connectivity index (χ4v) is 6.05. The number of hydrogen-bond acceptors (Lipinski definition) is 7. The lowest BCUT2D eigenvalue weighted by molar-refractivity contribution is 0.509. The zero-order valence-corrected chi connectivity index (χ0v) is 15.3. The number of nitrogens with one attached hydrogen (secondary N) is 1. The molecule has 2 atom stereocenters. The van der Waals surface area contributed by atoms with Crippen LogP contribution in [0.1, 0.15) is 41.8 Å². The Morgan fingerprint density at radius 2 is 2.35 bits per heavy atom. The number of aromatic amines is 1. The van der Waals surface area contributed by atoms with Gasteiger partial charge in [0.2, 0.25) is 0 Å². The number of thioether (sulfide) groups is 1. The number of fused-ring (bicyclic) bond motifs is 3. The minimum atomic E-state index is 0.00164. The molecule has 0 saturated heterocycles. The third-order valence-corrected chi connectivity index (χ3v) is 7.26. The number of thiophene rings is 1. The zero-order valence-electron chi connectivity index (χ0n) is 12.8. The van der Waals surface area contributed by atoms with Gasteiger partial charge in [-0.25, -0.2) is 4.98 Å². The molecule has 0 amide bonds. The molecule has 0 aliphatic heterocycles. The fraction of sp³-hybridized carbons (Fsp3) is 0.467. The number of rotatable bonds is 3. The Labute approximate surface area is 145 Å². The Kier molecular flexibility index (Phi) is 3.98. The lowest BCUT2D eigenvalue weighted by atomic mass is 9.89. The first kappa shape index (κ1) is 15.3. The summed E-state index contributed by atoms with van der Waals surface area (Å²) < 4.78 is 0.888. The Morgan fingerprint density at radius 1 is 1.48 bits per heavy atom. The Hall–Kier alpha value is -1.25. The molecule has 1 N–H and O–H groups in total. The van der Waals surface area contributed by atoms with Gasteiger partial charge in [-0.3, -0.25) is 4.79 Å². The molecule has 8 heteroatoms.